The minimum atomic E-state index is -0.532. The second-order valence-electron chi connectivity index (χ2n) is 5.31. The van der Waals surface area contributed by atoms with E-state index in [0.717, 1.165) is 5.56 Å². The Balaban J connectivity index is 2.28. The number of nitrogens with one attached hydrogen (secondary N) is 1. The van der Waals surface area contributed by atoms with Crippen LogP contribution in [0.25, 0.3) is 0 Å². The molecule has 1 heterocycles. The van der Waals surface area contributed by atoms with Crippen molar-refractivity contribution >= 4 is 12.3 Å². The fourth-order valence-corrected chi connectivity index (χ4v) is 2.49. The summed E-state index contributed by atoms with van der Waals surface area (Å²) < 4.78 is 4.76. The minimum absolute atomic E-state index is 0.203. The van der Waals surface area contributed by atoms with Crippen LogP contribution in [0.3, 0.4) is 0 Å². The molecule has 2 rings (SSSR count). The number of aromatic nitrogens is 1. The molecular formula is C19H20N2O3. The van der Waals surface area contributed by atoms with Crippen molar-refractivity contribution in [1.82, 2.24) is 9.88 Å². The highest BCUT2D eigenvalue weighted by atomic mass is 16.5. The normalized spacial score (nSPS) is 9.79. The smallest absolute Gasteiger partial charge is 0.340 e. The van der Waals surface area contributed by atoms with Gasteiger partial charge in [-0.05, 0) is 17.9 Å². The zero-order valence-corrected chi connectivity index (χ0v) is 14.1. The van der Waals surface area contributed by atoms with E-state index in [1.54, 1.807) is 0 Å². The molecule has 0 amide bonds. The number of benzene rings is 1. The summed E-state index contributed by atoms with van der Waals surface area (Å²) in [5, 5.41) is 0. The summed E-state index contributed by atoms with van der Waals surface area (Å²) in [6.45, 7) is 2.59. The summed E-state index contributed by atoms with van der Waals surface area (Å²) >= 11 is 0. The molecule has 0 aliphatic carbocycles. The van der Waals surface area contributed by atoms with Gasteiger partial charge in [0.05, 0.1) is 30.6 Å². The maximum absolute atomic E-state index is 11.9. The molecule has 1 N–H and O–H groups in total. The molecule has 0 unspecified atom stereocenters. The molecule has 24 heavy (non-hydrogen) atoms. The van der Waals surface area contributed by atoms with Crippen LogP contribution in [0, 0.1) is 12.0 Å². The average Bonchev–Trinajstić information content (AvgIpc) is 2.97. The van der Waals surface area contributed by atoms with Crippen molar-refractivity contribution in [2.45, 2.75) is 19.9 Å². The summed E-state index contributed by atoms with van der Waals surface area (Å²) in [7, 11) is 3.18. The van der Waals surface area contributed by atoms with Crippen LogP contribution in [0.4, 0.5) is 0 Å². The van der Waals surface area contributed by atoms with Gasteiger partial charge in [0.1, 0.15) is 0 Å². The first-order chi connectivity index (χ1) is 11.6. The van der Waals surface area contributed by atoms with Gasteiger partial charge in [0.15, 0.2) is 6.29 Å². The lowest BCUT2D eigenvalue weighted by Crippen LogP contribution is -2.10. The van der Waals surface area contributed by atoms with E-state index in [1.807, 2.05) is 49.2 Å². The molecule has 0 spiro atoms. The van der Waals surface area contributed by atoms with Gasteiger partial charge in [0.25, 0.3) is 0 Å². The van der Waals surface area contributed by atoms with Gasteiger partial charge < -0.3 is 14.6 Å². The van der Waals surface area contributed by atoms with E-state index in [1.165, 1.54) is 7.11 Å². The van der Waals surface area contributed by atoms with Gasteiger partial charge in [-0.2, -0.15) is 0 Å². The molecule has 0 saturated carbocycles. The molecular weight excluding hydrogens is 304 g/mol. The number of ether oxygens (including phenoxy) is 1. The maximum atomic E-state index is 11.9. The van der Waals surface area contributed by atoms with Crippen molar-refractivity contribution in [1.29, 1.82) is 0 Å². The number of rotatable bonds is 5. The second kappa shape index (κ2) is 8.02. The first-order valence-corrected chi connectivity index (χ1v) is 7.65. The molecule has 124 valence electrons. The highest BCUT2D eigenvalue weighted by Gasteiger charge is 2.21. The van der Waals surface area contributed by atoms with Crippen LogP contribution in [0.1, 0.15) is 44.6 Å². The molecule has 1 aromatic carbocycles. The molecule has 0 saturated heterocycles. The summed E-state index contributed by atoms with van der Waals surface area (Å²) in [5.74, 6) is 2.48. The molecule has 0 aliphatic rings. The average molecular weight is 324 g/mol. The van der Waals surface area contributed by atoms with Gasteiger partial charge in [0, 0.05) is 18.7 Å². The van der Waals surface area contributed by atoms with Crippen molar-refractivity contribution in [3.8, 4) is 12.0 Å². The Bertz CT molecular complexity index is 782. The van der Waals surface area contributed by atoms with Crippen LogP contribution in [-0.2, 0) is 17.7 Å². The third-order valence-corrected chi connectivity index (χ3v) is 3.63. The molecule has 5 heteroatoms. The minimum Gasteiger partial charge on any atom is -0.465 e. The van der Waals surface area contributed by atoms with Crippen LogP contribution >= 0.6 is 0 Å². The fraction of sp³-hybridized carbons (Fsp3) is 0.263. The van der Waals surface area contributed by atoms with Gasteiger partial charge in [-0.15, -0.1) is 0 Å². The Morgan fingerprint density at radius 2 is 2.04 bits per heavy atom. The monoisotopic (exact) mass is 324 g/mol. The highest BCUT2D eigenvalue weighted by molar-refractivity contribution is 5.99. The molecule has 2 aromatic rings. The third-order valence-electron chi connectivity index (χ3n) is 3.63. The molecule has 1 aromatic heterocycles. The first kappa shape index (κ1) is 17.4. The van der Waals surface area contributed by atoms with E-state index in [0.29, 0.717) is 30.5 Å². The van der Waals surface area contributed by atoms with Crippen molar-refractivity contribution in [3.63, 3.8) is 0 Å². The van der Waals surface area contributed by atoms with Crippen molar-refractivity contribution in [2.24, 2.45) is 0 Å². The lowest BCUT2D eigenvalue weighted by molar-refractivity contribution is 0.0597. The van der Waals surface area contributed by atoms with Crippen LogP contribution in [0.15, 0.2) is 30.3 Å². The predicted molar refractivity (Wildman–Crippen MR) is 91.7 cm³/mol. The number of hydrogen-bond acceptors (Lipinski definition) is 4. The molecule has 0 fully saturated rings. The Kier molecular flexibility index (Phi) is 5.80. The number of carbonyl (C=O) groups excluding carboxylic acids is 2. The van der Waals surface area contributed by atoms with Crippen LogP contribution in [0.5, 0.6) is 0 Å². The zero-order chi connectivity index (χ0) is 17.5. The summed E-state index contributed by atoms with van der Waals surface area (Å²) in [6, 6.07) is 13.0. The maximum Gasteiger partial charge on any atom is 0.340 e. The number of carbonyl (C=O) groups is 2. The van der Waals surface area contributed by atoms with Gasteiger partial charge in [-0.3, -0.25) is 4.79 Å². The van der Waals surface area contributed by atoms with Gasteiger partial charge in [-0.1, -0.05) is 37.3 Å². The van der Waals surface area contributed by atoms with Crippen molar-refractivity contribution < 1.29 is 14.3 Å². The summed E-state index contributed by atoms with van der Waals surface area (Å²) in [4.78, 5) is 27.9. The molecule has 0 radical (unpaired) electrons. The number of aromatic amines is 1. The van der Waals surface area contributed by atoms with Crippen LogP contribution in [0.2, 0.25) is 0 Å². The number of H-pyrrole nitrogens is 1. The summed E-state index contributed by atoms with van der Waals surface area (Å²) in [5.41, 5.74) is 2.89. The van der Waals surface area contributed by atoms with Gasteiger partial charge >= 0.3 is 5.97 Å². The number of hydrogen-bond donors (Lipinski definition) is 1. The van der Waals surface area contributed by atoms with Gasteiger partial charge in [0.2, 0.25) is 0 Å². The Morgan fingerprint density at radius 1 is 1.33 bits per heavy atom. The fourth-order valence-electron chi connectivity index (χ4n) is 2.49. The van der Waals surface area contributed by atoms with E-state index in [2.05, 4.69) is 16.9 Å². The number of nitrogens with zero attached hydrogens (tertiary/aromatic N) is 1. The summed E-state index contributed by atoms with van der Waals surface area (Å²) in [6.07, 6.45) is 1.19. The van der Waals surface area contributed by atoms with Crippen LogP contribution in [-0.4, -0.2) is 36.3 Å². The van der Waals surface area contributed by atoms with E-state index < -0.39 is 5.97 Å². The SMILES string of the molecule is CCc1c(C#CN(C)Cc2ccccc2)[nH]c(C=O)c1C(=O)OC. The Hall–Kier alpha value is -3.00. The Morgan fingerprint density at radius 3 is 2.62 bits per heavy atom. The number of aldehydes is 1. The number of esters is 1. The lowest BCUT2D eigenvalue weighted by Gasteiger charge is -2.10. The topological polar surface area (TPSA) is 62.4 Å². The Labute approximate surface area is 141 Å². The van der Waals surface area contributed by atoms with Crippen molar-refractivity contribution in [3.05, 3.63) is 58.4 Å². The van der Waals surface area contributed by atoms with Crippen molar-refractivity contribution in [2.75, 3.05) is 14.2 Å². The molecule has 0 atom stereocenters. The first-order valence-electron chi connectivity index (χ1n) is 7.65. The highest BCUT2D eigenvalue weighted by Crippen LogP contribution is 2.19. The number of methoxy groups -OCH3 is 1. The van der Waals surface area contributed by atoms with Crippen LogP contribution < -0.4 is 0 Å². The van der Waals surface area contributed by atoms with E-state index in [9.17, 15) is 9.59 Å². The molecule has 0 bridgehead atoms. The van der Waals surface area contributed by atoms with E-state index in [-0.39, 0.29) is 11.3 Å². The quantitative estimate of drug-likeness (QED) is 0.397. The lowest BCUT2D eigenvalue weighted by atomic mass is 10.1. The largest absolute Gasteiger partial charge is 0.465 e. The van der Waals surface area contributed by atoms with E-state index in [4.69, 9.17) is 4.74 Å². The zero-order valence-electron chi connectivity index (χ0n) is 14.1. The third kappa shape index (κ3) is 3.85. The van der Waals surface area contributed by atoms with Gasteiger partial charge in [-0.25, -0.2) is 4.79 Å². The molecule has 5 nitrogen and oxygen atoms in total. The predicted octanol–water partition coefficient (Wildman–Crippen LogP) is 2.62. The standard InChI is InChI=1S/C19H20N2O3/c1-4-15-16(20-17(13-22)18(15)19(23)24-3)10-11-21(2)12-14-8-6-5-7-9-14/h5-9,13,20H,4,12H2,1-3H3. The van der Waals surface area contributed by atoms with E-state index >= 15 is 0 Å². The second-order valence-corrected chi connectivity index (χ2v) is 5.31. The molecule has 0 aliphatic heterocycles.